The van der Waals surface area contributed by atoms with Crippen LogP contribution in [0, 0.1) is 24.7 Å². The molecule has 0 spiro atoms. The van der Waals surface area contributed by atoms with Gasteiger partial charge in [-0.25, -0.2) is 0 Å². The zero-order chi connectivity index (χ0) is 16.7. The van der Waals surface area contributed by atoms with Crippen molar-refractivity contribution in [2.75, 3.05) is 6.54 Å². The van der Waals surface area contributed by atoms with Crippen LogP contribution < -0.4 is 10.6 Å². The van der Waals surface area contributed by atoms with E-state index in [2.05, 4.69) is 48.7 Å². The van der Waals surface area contributed by atoms with Crippen molar-refractivity contribution in [3.05, 3.63) is 35.4 Å². The van der Waals surface area contributed by atoms with Crippen LogP contribution in [0.25, 0.3) is 0 Å². The summed E-state index contributed by atoms with van der Waals surface area (Å²) in [6.07, 6.45) is 8.20. The van der Waals surface area contributed by atoms with Gasteiger partial charge in [-0.15, -0.1) is 0 Å². The third kappa shape index (κ3) is 3.23. The van der Waals surface area contributed by atoms with Gasteiger partial charge in [-0.05, 0) is 75.7 Å². The van der Waals surface area contributed by atoms with E-state index in [1.165, 1.54) is 49.7 Å². The fourth-order valence-corrected chi connectivity index (χ4v) is 5.83. The molecular formula is C21H30N2O. The lowest BCUT2D eigenvalue weighted by Crippen LogP contribution is -2.59. The summed E-state index contributed by atoms with van der Waals surface area (Å²) in [6.45, 7) is 4.61. The van der Waals surface area contributed by atoms with Crippen LogP contribution in [0.5, 0.6) is 0 Å². The lowest BCUT2D eigenvalue weighted by atomic mass is 9.53. The van der Waals surface area contributed by atoms with Gasteiger partial charge in [-0.1, -0.05) is 29.8 Å². The first-order valence-corrected chi connectivity index (χ1v) is 9.62. The molecule has 4 saturated carbocycles. The molecule has 1 amide bonds. The minimum absolute atomic E-state index is 0.0660. The molecule has 0 aromatic heterocycles. The first kappa shape index (κ1) is 16.1. The highest BCUT2D eigenvalue weighted by Crippen LogP contribution is 2.55. The van der Waals surface area contributed by atoms with Gasteiger partial charge in [0.1, 0.15) is 0 Å². The second-order valence-corrected chi connectivity index (χ2v) is 8.75. The van der Waals surface area contributed by atoms with Crippen LogP contribution in [0.3, 0.4) is 0 Å². The molecule has 4 bridgehead atoms. The van der Waals surface area contributed by atoms with Gasteiger partial charge >= 0.3 is 0 Å². The minimum Gasteiger partial charge on any atom is -0.348 e. The predicted molar refractivity (Wildman–Crippen MR) is 96.6 cm³/mol. The second kappa shape index (κ2) is 6.18. The van der Waals surface area contributed by atoms with E-state index >= 15 is 0 Å². The van der Waals surface area contributed by atoms with Crippen LogP contribution in [0.1, 0.15) is 62.6 Å². The summed E-state index contributed by atoms with van der Waals surface area (Å²) in [5, 5.41) is 6.83. The molecule has 0 heterocycles. The van der Waals surface area contributed by atoms with Crippen molar-refractivity contribution in [1.29, 1.82) is 0 Å². The molecule has 0 saturated heterocycles. The monoisotopic (exact) mass is 326 g/mol. The number of hydrogen-bond donors (Lipinski definition) is 2. The summed E-state index contributed by atoms with van der Waals surface area (Å²) < 4.78 is 0. The highest BCUT2D eigenvalue weighted by molar-refractivity contribution is 5.78. The van der Waals surface area contributed by atoms with Crippen LogP contribution >= 0.6 is 0 Å². The van der Waals surface area contributed by atoms with Crippen LogP contribution in [-0.2, 0) is 4.79 Å². The number of carbonyl (C=O) groups is 1. The van der Waals surface area contributed by atoms with Gasteiger partial charge < -0.3 is 10.6 Å². The van der Waals surface area contributed by atoms with Gasteiger partial charge in [0.2, 0.25) is 5.91 Å². The average molecular weight is 326 g/mol. The van der Waals surface area contributed by atoms with E-state index < -0.39 is 0 Å². The number of aryl methyl sites for hydroxylation is 1. The van der Waals surface area contributed by atoms with Crippen LogP contribution in [0.4, 0.5) is 0 Å². The van der Waals surface area contributed by atoms with E-state index in [-0.39, 0.29) is 17.5 Å². The van der Waals surface area contributed by atoms with Crippen LogP contribution in [0.2, 0.25) is 0 Å². The fraction of sp³-hybridized carbons (Fsp3) is 0.667. The highest BCUT2D eigenvalue weighted by atomic mass is 16.2. The van der Waals surface area contributed by atoms with Crippen LogP contribution in [0.15, 0.2) is 24.3 Å². The third-order valence-corrected chi connectivity index (χ3v) is 6.62. The standard InChI is InChI=1S/C21H30N2O/c1-14-3-5-19(6-4-14)15(2)23-20(24)13-22-21-10-16-7-17(11-21)9-18(8-16)12-21/h3-6,15-18,22H,7-13H2,1-2H3,(H,23,24)/t15-,16?,17?,18?,21?/m0/s1. The molecule has 130 valence electrons. The minimum atomic E-state index is 0.0660. The molecule has 0 aliphatic heterocycles. The smallest absolute Gasteiger partial charge is 0.234 e. The molecule has 3 nitrogen and oxygen atoms in total. The largest absolute Gasteiger partial charge is 0.348 e. The maximum absolute atomic E-state index is 12.4. The lowest BCUT2D eigenvalue weighted by molar-refractivity contribution is -0.122. The van der Waals surface area contributed by atoms with Crippen molar-refractivity contribution in [3.8, 4) is 0 Å². The number of nitrogens with one attached hydrogen (secondary N) is 2. The maximum Gasteiger partial charge on any atom is 0.234 e. The van der Waals surface area contributed by atoms with Gasteiger partial charge in [0.25, 0.3) is 0 Å². The number of rotatable bonds is 5. The Labute approximate surface area is 145 Å². The van der Waals surface area contributed by atoms with E-state index in [0.29, 0.717) is 6.54 Å². The predicted octanol–water partition coefficient (Wildman–Crippen LogP) is 3.73. The fourth-order valence-electron chi connectivity index (χ4n) is 5.83. The zero-order valence-electron chi connectivity index (χ0n) is 15.0. The molecule has 1 aromatic rings. The Balaban J connectivity index is 1.31. The van der Waals surface area contributed by atoms with Gasteiger partial charge in [-0.2, -0.15) is 0 Å². The Morgan fingerprint density at radius 3 is 2.17 bits per heavy atom. The van der Waals surface area contributed by atoms with E-state index in [1.54, 1.807) is 0 Å². The third-order valence-electron chi connectivity index (χ3n) is 6.62. The Hall–Kier alpha value is -1.35. The van der Waals surface area contributed by atoms with Gasteiger partial charge in [0, 0.05) is 5.54 Å². The normalized spacial score (nSPS) is 35.0. The number of benzene rings is 1. The summed E-state index contributed by atoms with van der Waals surface area (Å²) in [6, 6.07) is 8.48. The molecule has 1 atom stereocenters. The van der Waals surface area contributed by atoms with Crippen molar-refractivity contribution in [2.45, 2.75) is 64.0 Å². The van der Waals surface area contributed by atoms with Gasteiger partial charge in [0.05, 0.1) is 12.6 Å². The maximum atomic E-state index is 12.4. The molecule has 4 aliphatic rings. The molecular weight excluding hydrogens is 296 g/mol. The van der Waals surface area contributed by atoms with Crippen molar-refractivity contribution in [2.24, 2.45) is 17.8 Å². The molecule has 1 aromatic carbocycles. The molecule has 4 fully saturated rings. The number of hydrogen-bond acceptors (Lipinski definition) is 2. The van der Waals surface area contributed by atoms with Crippen molar-refractivity contribution in [3.63, 3.8) is 0 Å². The quantitative estimate of drug-likeness (QED) is 0.865. The first-order chi connectivity index (χ1) is 11.5. The van der Waals surface area contributed by atoms with E-state index in [1.807, 2.05) is 0 Å². The molecule has 24 heavy (non-hydrogen) atoms. The topological polar surface area (TPSA) is 41.1 Å². The SMILES string of the molecule is Cc1ccc([C@H](C)NC(=O)CNC23CC4CC(CC(C4)C2)C3)cc1. The van der Waals surface area contributed by atoms with E-state index in [4.69, 9.17) is 0 Å². The van der Waals surface area contributed by atoms with Crippen molar-refractivity contribution in [1.82, 2.24) is 10.6 Å². The number of carbonyl (C=O) groups excluding carboxylic acids is 1. The Morgan fingerprint density at radius 1 is 1.08 bits per heavy atom. The van der Waals surface area contributed by atoms with E-state index in [0.717, 1.165) is 17.8 Å². The van der Waals surface area contributed by atoms with E-state index in [9.17, 15) is 4.79 Å². The summed E-state index contributed by atoms with van der Waals surface area (Å²) in [5.41, 5.74) is 2.68. The Bertz CT molecular complexity index is 571. The molecule has 0 radical (unpaired) electrons. The molecule has 5 rings (SSSR count). The molecule has 0 unspecified atom stereocenters. The summed E-state index contributed by atoms with van der Waals surface area (Å²) >= 11 is 0. The molecule has 3 heteroatoms. The lowest BCUT2D eigenvalue weighted by Gasteiger charge is -2.57. The zero-order valence-corrected chi connectivity index (χ0v) is 15.0. The number of amides is 1. The van der Waals surface area contributed by atoms with Gasteiger partial charge in [-0.3, -0.25) is 4.79 Å². The van der Waals surface area contributed by atoms with Crippen molar-refractivity contribution >= 4 is 5.91 Å². The van der Waals surface area contributed by atoms with Gasteiger partial charge in [0.15, 0.2) is 0 Å². The Kier molecular flexibility index (Phi) is 4.16. The van der Waals surface area contributed by atoms with Crippen molar-refractivity contribution < 1.29 is 4.79 Å². The summed E-state index contributed by atoms with van der Waals surface area (Å²) in [4.78, 5) is 12.4. The second-order valence-electron chi connectivity index (χ2n) is 8.75. The van der Waals surface area contributed by atoms with Crippen LogP contribution in [-0.4, -0.2) is 18.0 Å². The average Bonchev–Trinajstić information content (AvgIpc) is 2.52. The summed E-state index contributed by atoms with van der Waals surface area (Å²) in [5.74, 6) is 2.87. The first-order valence-electron chi connectivity index (χ1n) is 9.62. The Morgan fingerprint density at radius 2 is 1.62 bits per heavy atom. The summed E-state index contributed by atoms with van der Waals surface area (Å²) in [7, 11) is 0. The highest BCUT2D eigenvalue weighted by Gasteiger charge is 2.50. The molecule has 2 N–H and O–H groups in total. The molecule has 4 aliphatic carbocycles.